The molecule has 0 aliphatic carbocycles. The van der Waals surface area contributed by atoms with E-state index in [2.05, 4.69) is 24.4 Å². The van der Waals surface area contributed by atoms with E-state index in [1.807, 2.05) is 23.1 Å². The fourth-order valence-corrected chi connectivity index (χ4v) is 3.01. The minimum Gasteiger partial charge on any atom is -0.343 e. The monoisotopic (exact) mass is 308 g/mol. The Balaban J connectivity index is 1.60. The quantitative estimate of drug-likeness (QED) is 0.947. The lowest BCUT2D eigenvalue weighted by Gasteiger charge is -2.33. The van der Waals surface area contributed by atoms with E-state index in [1.165, 1.54) is 11.1 Å². The number of hydrogen-bond acceptors (Lipinski definition) is 2. The van der Waals surface area contributed by atoms with Gasteiger partial charge in [-0.2, -0.15) is 0 Å². The standard InChI is InChI=1S/C19H20N2O2/c1-14-12-21(13-16-9-5-6-10-17(14)16)18(22)11-20-19(23)15-7-3-2-4-8-15/h2-10,14H,11-13H2,1H3,(H,20,23). The Morgan fingerprint density at radius 1 is 1.09 bits per heavy atom. The summed E-state index contributed by atoms with van der Waals surface area (Å²) in [4.78, 5) is 26.2. The highest BCUT2D eigenvalue weighted by Gasteiger charge is 2.25. The lowest BCUT2D eigenvalue weighted by Crippen LogP contribution is -2.43. The summed E-state index contributed by atoms with van der Waals surface area (Å²) < 4.78 is 0. The molecule has 0 aromatic heterocycles. The van der Waals surface area contributed by atoms with Crippen LogP contribution in [0.3, 0.4) is 0 Å². The molecule has 0 saturated carbocycles. The first-order valence-electron chi connectivity index (χ1n) is 7.84. The van der Waals surface area contributed by atoms with Crippen molar-refractivity contribution in [1.29, 1.82) is 0 Å². The summed E-state index contributed by atoms with van der Waals surface area (Å²) in [5.74, 6) is 0.0498. The fraction of sp³-hybridized carbons (Fsp3) is 0.263. The number of hydrogen-bond donors (Lipinski definition) is 1. The summed E-state index contributed by atoms with van der Waals surface area (Å²) in [5.41, 5.74) is 3.07. The largest absolute Gasteiger partial charge is 0.343 e. The number of fused-ring (bicyclic) bond motifs is 1. The SMILES string of the molecule is CC1CN(C(=O)CNC(=O)c2ccccc2)Cc2ccccc21. The maximum absolute atomic E-state index is 12.4. The second-order valence-electron chi connectivity index (χ2n) is 5.92. The lowest BCUT2D eigenvalue weighted by atomic mass is 9.91. The number of nitrogens with zero attached hydrogens (tertiary/aromatic N) is 1. The summed E-state index contributed by atoms with van der Waals surface area (Å²) in [7, 11) is 0. The summed E-state index contributed by atoms with van der Waals surface area (Å²) in [6.45, 7) is 3.46. The van der Waals surface area contributed by atoms with E-state index in [0.717, 1.165) is 0 Å². The Hall–Kier alpha value is -2.62. The van der Waals surface area contributed by atoms with Gasteiger partial charge >= 0.3 is 0 Å². The first-order chi connectivity index (χ1) is 11.1. The molecular formula is C19H20N2O2. The Labute approximate surface area is 136 Å². The van der Waals surface area contributed by atoms with E-state index in [-0.39, 0.29) is 18.4 Å². The molecule has 1 heterocycles. The summed E-state index contributed by atoms with van der Waals surface area (Å²) in [5, 5.41) is 2.70. The van der Waals surface area contributed by atoms with E-state index in [4.69, 9.17) is 0 Å². The molecule has 0 saturated heterocycles. The van der Waals surface area contributed by atoms with Crippen molar-refractivity contribution in [3.8, 4) is 0 Å². The third-order valence-corrected chi connectivity index (χ3v) is 4.23. The third-order valence-electron chi connectivity index (χ3n) is 4.23. The van der Waals surface area contributed by atoms with E-state index in [9.17, 15) is 9.59 Å². The summed E-state index contributed by atoms with van der Waals surface area (Å²) in [6, 6.07) is 17.2. The van der Waals surface area contributed by atoms with Crippen molar-refractivity contribution in [3.63, 3.8) is 0 Å². The summed E-state index contributed by atoms with van der Waals surface area (Å²) in [6.07, 6.45) is 0. The first-order valence-corrected chi connectivity index (χ1v) is 7.84. The molecule has 1 aliphatic rings. The molecule has 0 spiro atoms. The van der Waals surface area contributed by atoms with Crippen molar-refractivity contribution in [3.05, 3.63) is 71.3 Å². The van der Waals surface area contributed by atoms with Crippen molar-refractivity contribution < 1.29 is 9.59 Å². The van der Waals surface area contributed by atoms with Gasteiger partial charge in [-0.1, -0.05) is 49.4 Å². The van der Waals surface area contributed by atoms with E-state index < -0.39 is 0 Å². The molecule has 2 aromatic rings. The van der Waals surface area contributed by atoms with Gasteiger partial charge in [0.1, 0.15) is 0 Å². The Morgan fingerprint density at radius 2 is 1.78 bits per heavy atom. The minimum atomic E-state index is -0.218. The number of amides is 2. The topological polar surface area (TPSA) is 49.4 Å². The molecule has 4 heteroatoms. The zero-order valence-electron chi connectivity index (χ0n) is 13.2. The van der Waals surface area contributed by atoms with Crippen LogP contribution in [0.2, 0.25) is 0 Å². The number of carbonyl (C=O) groups excluding carboxylic acids is 2. The third kappa shape index (κ3) is 3.42. The van der Waals surface area contributed by atoms with Gasteiger partial charge < -0.3 is 10.2 Å². The Kier molecular flexibility index (Phi) is 4.42. The minimum absolute atomic E-state index is 0.0304. The van der Waals surface area contributed by atoms with Crippen LogP contribution in [0, 0.1) is 0 Å². The van der Waals surface area contributed by atoms with Crippen LogP contribution in [0.4, 0.5) is 0 Å². The molecule has 118 valence electrons. The predicted molar refractivity (Wildman–Crippen MR) is 89.0 cm³/mol. The molecule has 2 amide bonds. The Bertz CT molecular complexity index is 712. The highest BCUT2D eigenvalue weighted by atomic mass is 16.2. The Morgan fingerprint density at radius 3 is 2.57 bits per heavy atom. The van der Waals surface area contributed by atoms with Crippen LogP contribution in [0.25, 0.3) is 0 Å². The van der Waals surface area contributed by atoms with E-state index in [1.54, 1.807) is 24.3 Å². The molecule has 0 fully saturated rings. The molecule has 0 bridgehead atoms. The second kappa shape index (κ2) is 6.65. The molecule has 2 aromatic carbocycles. The number of rotatable bonds is 3. The van der Waals surface area contributed by atoms with Gasteiger partial charge in [0, 0.05) is 18.7 Å². The molecule has 1 N–H and O–H groups in total. The molecule has 1 aliphatic heterocycles. The van der Waals surface area contributed by atoms with Gasteiger partial charge in [-0.05, 0) is 29.2 Å². The smallest absolute Gasteiger partial charge is 0.251 e. The molecule has 4 nitrogen and oxygen atoms in total. The van der Waals surface area contributed by atoms with Gasteiger partial charge in [0.25, 0.3) is 5.91 Å². The molecule has 3 rings (SSSR count). The predicted octanol–water partition coefficient (Wildman–Crippen LogP) is 2.56. The average Bonchev–Trinajstić information content (AvgIpc) is 2.60. The lowest BCUT2D eigenvalue weighted by molar-refractivity contribution is -0.131. The van der Waals surface area contributed by atoms with Crippen molar-refractivity contribution in [1.82, 2.24) is 10.2 Å². The van der Waals surface area contributed by atoms with Crippen molar-refractivity contribution in [2.24, 2.45) is 0 Å². The van der Waals surface area contributed by atoms with Crippen LogP contribution in [-0.2, 0) is 11.3 Å². The molecule has 23 heavy (non-hydrogen) atoms. The second-order valence-corrected chi connectivity index (χ2v) is 5.92. The molecule has 0 radical (unpaired) electrons. The van der Waals surface area contributed by atoms with Gasteiger partial charge in [0.2, 0.25) is 5.91 Å². The average molecular weight is 308 g/mol. The normalized spacial score (nSPS) is 16.6. The fourth-order valence-electron chi connectivity index (χ4n) is 3.01. The van der Waals surface area contributed by atoms with Crippen LogP contribution in [0.5, 0.6) is 0 Å². The van der Waals surface area contributed by atoms with Crippen LogP contribution in [-0.4, -0.2) is 29.8 Å². The van der Waals surface area contributed by atoms with E-state index in [0.29, 0.717) is 24.6 Å². The van der Waals surface area contributed by atoms with Gasteiger partial charge in [-0.15, -0.1) is 0 Å². The number of carbonyl (C=O) groups is 2. The highest BCUT2D eigenvalue weighted by Crippen LogP contribution is 2.27. The van der Waals surface area contributed by atoms with Gasteiger partial charge in [-0.3, -0.25) is 9.59 Å². The maximum Gasteiger partial charge on any atom is 0.251 e. The van der Waals surface area contributed by atoms with Crippen molar-refractivity contribution >= 4 is 11.8 Å². The maximum atomic E-state index is 12.4. The van der Waals surface area contributed by atoms with Gasteiger partial charge in [0.05, 0.1) is 6.54 Å². The number of nitrogens with one attached hydrogen (secondary N) is 1. The van der Waals surface area contributed by atoms with Crippen LogP contribution >= 0.6 is 0 Å². The molecule has 1 atom stereocenters. The summed E-state index contributed by atoms with van der Waals surface area (Å²) >= 11 is 0. The van der Waals surface area contributed by atoms with Crippen molar-refractivity contribution in [2.45, 2.75) is 19.4 Å². The van der Waals surface area contributed by atoms with Crippen molar-refractivity contribution in [2.75, 3.05) is 13.1 Å². The zero-order chi connectivity index (χ0) is 16.2. The molecular weight excluding hydrogens is 288 g/mol. The van der Waals surface area contributed by atoms with Gasteiger partial charge in [-0.25, -0.2) is 0 Å². The molecule has 1 unspecified atom stereocenters. The van der Waals surface area contributed by atoms with Gasteiger partial charge in [0.15, 0.2) is 0 Å². The zero-order valence-corrected chi connectivity index (χ0v) is 13.2. The highest BCUT2D eigenvalue weighted by molar-refractivity contribution is 5.96. The van der Waals surface area contributed by atoms with E-state index >= 15 is 0 Å². The van der Waals surface area contributed by atoms with Crippen LogP contribution < -0.4 is 5.32 Å². The van der Waals surface area contributed by atoms with Crippen LogP contribution in [0.15, 0.2) is 54.6 Å². The number of benzene rings is 2. The van der Waals surface area contributed by atoms with Crippen LogP contribution in [0.1, 0.15) is 34.3 Å². The first kappa shape index (κ1) is 15.3.